The number of carbonyl (C=O) groups is 1. The Morgan fingerprint density at radius 1 is 1.24 bits per heavy atom. The van der Waals surface area contributed by atoms with E-state index in [4.69, 9.17) is 9.26 Å². The van der Waals surface area contributed by atoms with Crippen LogP contribution in [0.25, 0.3) is 0 Å². The fourth-order valence-electron chi connectivity index (χ4n) is 3.36. The number of hydrogen-bond donors (Lipinski definition) is 1. The van der Waals surface area contributed by atoms with Gasteiger partial charge in [0.15, 0.2) is 0 Å². The van der Waals surface area contributed by atoms with Crippen LogP contribution < -0.4 is 10.1 Å². The Hall–Kier alpha value is -2.30. The number of aromatic nitrogens is 1. The molecule has 1 heterocycles. The van der Waals surface area contributed by atoms with E-state index >= 15 is 0 Å². The fourth-order valence-corrected chi connectivity index (χ4v) is 3.36. The summed E-state index contributed by atoms with van der Waals surface area (Å²) < 4.78 is 11.1. The molecule has 3 rings (SSSR count). The zero-order chi connectivity index (χ0) is 17.6. The molecule has 1 aromatic heterocycles. The fraction of sp³-hybridized carbons (Fsp3) is 0.500. The summed E-state index contributed by atoms with van der Waals surface area (Å²) in [5.41, 5.74) is 2.32. The maximum Gasteiger partial charge on any atom is 0.255 e. The zero-order valence-electron chi connectivity index (χ0n) is 15.0. The SMILES string of the molecule is Cc1noc(C)c1COc1ccccc1C(=O)NCC1CCCCC1. The van der Waals surface area contributed by atoms with Crippen LogP contribution in [0.5, 0.6) is 5.75 Å². The molecule has 1 aromatic carbocycles. The second-order valence-electron chi connectivity index (χ2n) is 6.80. The second kappa shape index (κ2) is 8.19. The number of para-hydroxylation sites is 1. The quantitative estimate of drug-likeness (QED) is 0.855. The van der Waals surface area contributed by atoms with Crippen molar-refractivity contribution in [2.24, 2.45) is 5.92 Å². The van der Waals surface area contributed by atoms with Gasteiger partial charge in [-0.05, 0) is 44.7 Å². The molecule has 5 nitrogen and oxygen atoms in total. The number of hydrogen-bond acceptors (Lipinski definition) is 4. The lowest BCUT2D eigenvalue weighted by molar-refractivity contribution is 0.0939. The van der Waals surface area contributed by atoms with Crippen molar-refractivity contribution in [3.05, 3.63) is 46.8 Å². The molecule has 5 heteroatoms. The monoisotopic (exact) mass is 342 g/mol. The average Bonchev–Trinajstić information content (AvgIpc) is 2.97. The van der Waals surface area contributed by atoms with Gasteiger partial charge in [0.25, 0.3) is 5.91 Å². The first kappa shape index (κ1) is 17.5. The van der Waals surface area contributed by atoms with E-state index in [0.29, 0.717) is 23.8 Å². The summed E-state index contributed by atoms with van der Waals surface area (Å²) in [6, 6.07) is 7.37. The van der Waals surface area contributed by atoms with Gasteiger partial charge in [0.1, 0.15) is 18.1 Å². The molecule has 1 saturated carbocycles. The van der Waals surface area contributed by atoms with Crippen LogP contribution in [0, 0.1) is 19.8 Å². The Morgan fingerprint density at radius 3 is 2.72 bits per heavy atom. The number of amides is 1. The summed E-state index contributed by atoms with van der Waals surface area (Å²) >= 11 is 0. The predicted molar refractivity (Wildman–Crippen MR) is 95.7 cm³/mol. The smallest absolute Gasteiger partial charge is 0.255 e. The van der Waals surface area contributed by atoms with Crippen LogP contribution in [-0.2, 0) is 6.61 Å². The first-order valence-corrected chi connectivity index (χ1v) is 9.07. The molecule has 0 atom stereocenters. The highest BCUT2D eigenvalue weighted by Gasteiger charge is 2.17. The molecule has 1 aliphatic carbocycles. The van der Waals surface area contributed by atoms with E-state index in [1.165, 1.54) is 32.1 Å². The minimum absolute atomic E-state index is 0.0695. The molecule has 0 unspecified atom stereocenters. The number of carbonyl (C=O) groups excluding carboxylic acids is 1. The van der Waals surface area contributed by atoms with Crippen LogP contribution in [-0.4, -0.2) is 17.6 Å². The predicted octanol–water partition coefficient (Wildman–Crippen LogP) is 4.18. The average molecular weight is 342 g/mol. The molecule has 134 valence electrons. The van der Waals surface area contributed by atoms with Crippen molar-refractivity contribution in [2.45, 2.75) is 52.6 Å². The topological polar surface area (TPSA) is 64.4 Å². The van der Waals surface area contributed by atoms with Crippen molar-refractivity contribution in [3.63, 3.8) is 0 Å². The zero-order valence-corrected chi connectivity index (χ0v) is 15.0. The van der Waals surface area contributed by atoms with Gasteiger partial charge >= 0.3 is 0 Å². The van der Waals surface area contributed by atoms with Crippen LogP contribution >= 0.6 is 0 Å². The highest BCUT2D eigenvalue weighted by Crippen LogP contribution is 2.24. The van der Waals surface area contributed by atoms with Gasteiger partial charge in [0.2, 0.25) is 0 Å². The Bertz CT molecular complexity index is 698. The van der Waals surface area contributed by atoms with Crippen LogP contribution in [0.4, 0.5) is 0 Å². The summed E-state index contributed by atoms with van der Waals surface area (Å²) in [4.78, 5) is 12.6. The normalized spacial score (nSPS) is 15.1. The number of rotatable bonds is 6. The van der Waals surface area contributed by atoms with Crippen molar-refractivity contribution >= 4 is 5.91 Å². The van der Waals surface area contributed by atoms with E-state index in [1.807, 2.05) is 32.0 Å². The summed E-state index contributed by atoms with van der Waals surface area (Å²) in [5.74, 6) is 1.87. The molecule has 2 aromatic rings. The lowest BCUT2D eigenvalue weighted by atomic mass is 9.89. The van der Waals surface area contributed by atoms with Gasteiger partial charge in [-0.2, -0.15) is 0 Å². The van der Waals surface area contributed by atoms with Gasteiger partial charge in [0.05, 0.1) is 16.8 Å². The lowest BCUT2D eigenvalue weighted by Gasteiger charge is -2.22. The van der Waals surface area contributed by atoms with Crippen LogP contribution in [0.1, 0.15) is 59.5 Å². The van der Waals surface area contributed by atoms with Crippen molar-refractivity contribution in [3.8, 4) is 5.75 Å². The molecule has 1 aliphatic rings. The van der Waals surface area contributed by atoms with E-state index < -0.39 is 0 Å². The summed E-state index contributed by atoms with van der Waals surface area (Å²) in [6.45, 7) is 4.84. The van der Waals surface area contributed by atoms with E-state index in [9.17, 15) is 4.79 Å². The third-order valence-electron chi connectivity index (χ3n) is 4.96. The van der Waals surface area contributed by atoms with Gasteiger partial charge in [-0.1, -0.05) is 36.6 Å². The molecule has 0 radical (unpaired) electrons. The summed E-state index contributed by atoms with van der Waals surface area (Å²) in [5, 5.41) is 7.01. The van der Waals surface area contributed by atoms with Gasteiger partial charge in [-0.15, -0.1) is 0 Å². The minimum Gasteiger partial charge on any atom is -0.488 e. The lowest BCUT2D eigenvalue weighted by Crippen LogP contribution is -2.30. The summed E-state index contributed by atoms with van der Waals surface area (Å²) in [6.07, 6.45) is 6.30. The van der Waals surface area contributed by atoms with E-state index in [0.717, 1.165) is 23.6 Å². The first-order chi connectivity index (χ1) is 12.1. The third kappa shape index (κ3) is 4.41. The van der Waals surface area contributed by atoms with Gasteiger partial charge in [-0.3, -0.25) is 4.79 Å². The second-order valence-corrected chi connectivity index (χ2v) is 6.80. The summed E-state index contributed by atoms with van der Waals surface area (Å²) in [7, 11) is 0. The Kier molecular flexibility index (Phi) is 5.74. The maximum atomic E-state index is 12.6. The van der Waals surface area contributed by atoms with Crippen LogP contribution in [0.3, 0.4) is 0 Å². The number of nitrogens with zero attached hydrogens (tertiary/aromatic N) is 1. The standard InChI is InChI=1S/C20H26N2O3/c1-14-18(15(2)25-22-14)13-24-19-11-7-6-10-17(19)20(23)21-12-16-8-4-3-5-9-16/h6-7,10-11,16H,3-5,8-9,12-13H2,1-2H3,(H,21,23). The van der Waals surface area contributed by atoms with Crippen molar-refractivity contribution in [2.75, 3.05) is 6.54 Å². The third-order valence-corrected chi connectivity index (χ3v) is 4.96. The van der Waals surface area contributed by atoms with E-state index in [2.05, 4.69) is 10.5 Å². The molecule has 1 amide bonds. The highest BCUT2D eigenvalue weighted by molar-refractivity contribution is 5.96. The number of benzene rings is 1. The maximum absolute atomic E-state index is 12.6. The Balaban J connectivity index is 1.62. The Morgan fingerprint density at radius 2 is 2.00 bits per heavy atom. The molecule has 0 bridgehead atoms. The van der Waals surface area contributed by atoms with Gasteiger partial charge in [0, 0.05) is 6.54 Å². The molecule has 0 spiro atoms. The number of ether oxygens (including phenoxy) is 1. The molecular formula is C20H26N2O3. The van der Waals surface area contributed by atoms with E-state index in [-0.39, 0.29) is 5.91 Å². The van der Waals surface area contributed by atoms with Gasteiger partial charge < -0.3 is 14.6 Å². The molecule has 0 aliphatic heterocycles. The van der Waals surface area contributed by atoms with Gasteiger partial charge in [-0.25, -0.2) is 0 Å². The molecule has 1 N–H and O–H groups in total. The molecule has 25 heavy (non-hydrogen) atoms. The van der Waals surface area contributed by atoms with Crippen LogP contribution in [0.2, 0.25) is 0 Å². The van der Waals surface area contributed by atoms with E-state index in [1.54, 1.807) is 6.07 Å². The molecular weight excluding hydrogens is 316 g/mol. The highest BCUT2D eigenvalue weighted by atomic mass is 16.5. The number of aryl methyl sites for hydroxylation is 2. The van der Waals surface area contributed by atoms with Crippen molar-refractivity contribution < 1.29 is 14.1 Å². The van der Waals surface area contributed by atoms with Crippen molar-refractivity contribution in [1.29, 1.82) is 0 Å². The Labute approximate surface area is 148 Å². The van der Waals surface area contributed by atoms with Crippen LogP contribution in [0.15, 0.2) is 28.8 Å². The van der Waals surface area contributed by atoms with Crippen molar-refractivity contribution in [1.82, 2.24) is 10.5 Å². The first-order valence-electron chi connectivity index (χ1n) is 9.07. The number of nitrogens with one attached hydrogen (secondary N) is 1. The largest absolute Gasteiger partial charge is 0.488 e. The minimum atomic E-state index is -0.0695. The molecule has 0 saturated heterocycles. The molecule has 1 fully saturated rings.